The zero-order valence-corrected chi connectivity index (χ0v) is 10.1. The molecule has 0 bridgehead atoms. The van der Waals surface area contributed by atoms with Gasteiger partial charge in [-0.05, 0) is 19.3 Å². The van der Waals surface area contributed by atoms with Crippen LogP contribution in [0.4, 0.5) is 13.2 Å². The second-order valence-electron chi connectivity index (χ2n) is 3.74. The first kappa shape index (κ1) is 16.0. The molecule has 0 aromatic heterocycles. The molecule has 0 aromatic rings. The molecule has 0 saturated heterocycles. The first-order chi connectivity index (χ1) is 7.98. The molecular weight excluding hydrogens is 233 g/mol. The molecule has 0 heterocycles. The fraction of sp³-hybridized carbons (Fsp3) is 0.750. The number of ether oxygens (including phenoxy) is 1. The molecule has 0 spiro atoms. The normalized spacial score (nSPS) is 12.0. The van der Waals surface area contributed by atoms with E-state index in [4.69, 9.17) is 0 Å². The fourth-order valence-corrected chi connectivity index (χ4v) is 1.23. The van der Waals surface area contributed by atoms with Gasteiger partial charge in [-0.25, -0.2) is 4.79 Å². The second-order valence-corrected chi connectivity index (χ2v) is 3.74. The highest BCUT2D eigenvalue weighted by atomic mass is 19.4. The molecule has 0 fully saturated rings. The summed E-state index contributed by atoms with van der Waals surface area (Å²) in [5.74, 6) is -2.12. The third kappa shape index (κ3) is 9.90. The Balaban J connectivity index is 3.39. The topological polar surface area (TPSA) is 26.3 Å². The van der Waals surface area contributed by atoms with Gasteiger partial charge in [0.1, 0.15) is 0 Å². The van der Waals surface area contributed by atoms with Gasteiger partial charge in [0.15, 0.2) is 0 Å². The summed E-state index contributed by atoms with van der Waals surface area (Å²) < 4.78 is 39.2. The molecule has 100 valence electrons. The maximum atomic E-state index is 11.7. The lowest BCUT2D eigenvalue weighted by molar-refractivity contribution is -0.199. The highest BCUT2D eigenvalue weighted by Gasteiger charge is 2.40. The highest BCUT2D eigenvalue weighted by molar-refractivity contribution is 5.75. The van der Waals surface area contributed by atoms with E-state index < -0.39 is 12.1 Å². The maximum absolute atomic E-state index is 11.7. The van der Waals surface area contributed by atoms with E-state index in [1.54, 1.807) is 6.08 Å². The van der Waals surface area contributed by atoms with Crippen LogP contribution in [0.25, 0.3) is 0 Å². The van der Waals surface area contributed by atoms with Crippen LogP contribution < -0.4 is 0 Å². The molecular formula is C12H19F3O2. The Morgan fingerprint density at radius 2 is 1.76 bits per heavy atom. The Morgan fingerprint density at radius 3 is 2.35 bits per heavy atom. The van der Waals surface area contributed by atoms with Gasteiger partial charge in [0.05, 0.1) is 6.61 Å². The lowest BCUT2D eigenvalue weighted by atomic mass is 10.1. The summed E-state index contributed by atoms with van der Waals surface area (Å²) in [6.07, 6.45) is 4.67. The number of esters is 1. The number of alkyl halides is 3. The molecule has 0 amide bonds. The summed E-state index contributed by atoms with van der Waals surface area (Å²) in [7, 11) is 0. The van der Waals surface area contributed by atoms with Crippen LogP contribution in [0.1, 0.15) is 45.4 Å². The molecule has 0 N–H and O–H groups in total. The van der Waals surface area contributed by atoms with Crippen molar-refractivity contribution in [2.45, 2.75) is 51.6 Å². The lowest BCUT2D eigenvalue weighted by Crippen LogP contribution is -2.25. The number of hydrogen-bond acceptors (Lipinski definition) is 2. The van der Waals surface area contributed by atoms with E-state index in [9.17, 15) is 18.0 Å². The first-order valence-electron chi connectivity index (χ1n) is 5.87. The van der Waals surface area contributed by atoms with Gasteiger partial charge in [-0.3, -0.25) is 0 Å². The summed E-state index contributed by atoms with van der Waals surface area (Å²) in [6.45, 7) is 1.91. The summed E-state index contributed by atoms with van der Waals surface area (Å²) >= 11 is 0. The van der Waals surface area contributed by atoms with Gasteiger partial charge in [0.25, 0.3) is 0 Å². The average Bonchev–Trinajstić information content (AvgIpc) is 2.25. The number of hydrogen-bond donors (Lipinski definition) is 0. The average molecular weight is 252 g/mol. The molecule has 0 rings (SSSR count). The quantitative estimate of drug-likeness (QED) is 0.370. The predicted molar refractivity (Wildman–Crippen MR) is 59.5 cm³/mol. The van der Waals surface area contributed by atoms with Crippen molar-refractivity contribution in [3.8, 4) is 0 Å². The molecule has 0 saturated carbocycles. The van der Waals surface area contributed by atoms with Crippen molar-refractivity contribution >= 4 is 5.97 Å². The molecule has 0 aliphatic carbocycles. The number of halogens is 3. The van der Waals surface area contributed by atoms with E-state index in [2.05, 4.69) is 11.7 Å². The van der Waals surface area contributed by atoms with Gasteiger partial charge < -0.3 is 4.74 Å². The first-order valence-corrected chi connectivity index (χ1v) is 5.87. The zero-order valence-electron chi connectivity index (χ0n) is 10.1. The smallest absolute Gasteiger partial charge is 0.459 e. The van der Waals surface area contributed by atoms with Crippen molar-refractivity contribution in [1.82, 2.24) is 0 Å². The maximum Gasteiger partial charge on any atom is 0.490 e. The van der Waals surface area contributed by atoms with Gasteiger partial charge in [-0.15, -0.1) is 0 Å². The predicted octanol–water partition coefficient (Wildman–Crippen LogP) is 4.01. The number of allylic oxidation sites excluding steroid dienone is 1. The molecule has 0 unspecified atom stereocenters. The SMILES string of the molecule is CCCCCC/C=C/CCOC(=O)C(F)(F)F. The minimum absolute atomic E-state index is 0.218. The molecule has 17 heavy (non-hydrogen) atoms. The van der Waals surface area contributed by atoms with E-state index in [1.807, 2.05) is 6.08 Å². The molecule has 0 radical (unpaired) electrons. The van der Waals surface area contributed by atoms with E-state index in [0.29, 0.717) is 6.42 Å². The van der Waals surface area contributed by atoms with E-state index in [0.717, 1.165) is 12.8 Å². The van der Waals surface area contributed by atoms with Gasteiger partial charge >= 0.3 is 12.1 Å². The fourth-order valence-electron chi connectivity index (χ4n) is 1.23. The molecule has 0 atom stereocenters. The van der Waals surface area contributed by atoms with Crippen LogP contribution in [0.2, 0.25) is 0 Å². The van der Waals surface area contributed by atoms with Crippen LogP contribution >= 0.6 is 0 Å². The second kappa shape index (κ2) is 9.07. The molecule has 0 aliphatic rings. The van der Waals surface area contributed by atoms with Crippen LogP contribution in [0, 0.1) is 0 Å². The third-order valence-electron chi connectivity index (χ3n) is 2.14. The summed E-state index contributed by atoms with van der Waals surface area (Å²) in [6, 6.07) is 0. The standard InChI is InChI=1S/C12H19F3O2/c1-2-3-4-5-6-7-8-9-10-17-11(16)12(13,14)15/h7-8H,2-6,9-10H2,1H3/b8-7+. The van der Waals surface area contributed by atoms with Crippen molar-refractivity contribution in [3.05, 3.63) is 12.2 Å². The minimum Gasteiger partial charge on any atom is -0.459 e. The zero-order chi connectivity index (χ0) is 13.1. The minimum atomic E-state index is -4.89. The number of unbranched alkanes of at least 4 members (excludes halogenated alkanes) is 4. The third-order valence-corrected chi connectivity index (χ3v) is 2.14. The molecule has 5 heteroatoms. The van der Waals surface area contributed by atoms with Gasteiger partial charge in [-0.2, -0.15) is 13.2 Å². The van der Waals surface area contributed by atoms with Crippen LogP contribution in [-0.2, 0) is 9.53 Å². The van der Waals surface area contributed by atoms with Gasteiger partial charge in [0.2, 0.25) is 0 Å². The number of carbonyl (C=O) groups excluding carboxylic acids is 1. The monoisotopic (exact) mass is 252 g/mol. The highest BCUT2D eigenvalue weighted by Crippen LogP contribution is 2.16. The Labute approximate surface area is 99.8 Å². The van der Waals surface area contributed by atoms with Crippen LogP contribution in [0.15, 0.2) is 12.2 Å². The van der Waals surface area contributed by atoms with E-state index in [1.165, 1.54) is 19.3 Å². The van der Waals surface area contributed by atoms with Gasteiger partial charge in [-0.1, -0.05) is 38.3 Å². The Hall–Kier alpha value is -1.00. The van der Waals surface area contributed by atoms with Crippen molar-refractivity contribution in [1.29, 1.82) is 0 Å². The Kier molecular flexibility index (Phi) is 8.54. The summed E-state index contributed by atoms with van der Waals surface area (Å²) in [5.41, 5.74) is 0. The molecule has 0 aromatic carbocycles. The molecule has 2 nitrogen and oxygen atoms in total. The van der Waals surface area contributed by atoms with E-state index >= 15 is 0 Å². The van der Waals surface area contributed by atoms with Crippen LogP contribution in [0.3, 0.4) is 0 Å². The lowest BCUT2D eigenvalue weighted by Gasteiger charge is -2.05. The van der Waals surface area contributed by atoms with Crippen LogP contribution in [-0.4, -0.2) is 18.8 Å². The van der Waals surface area contributed by atoms with Crippen molar-refractivity contribution in [2.75, 3.05) is 6.61 Å². The number of rotatable bonds is 8. The number of carbonyl (C=O) groups is 1. The summed E-state index contributed by atoms with van der Waals surface area (Å²) in [5, 5.41) is 0. The largest absolute Gasteiger partial charge is 0.490 e. The van der Waals surface area contributed by atoms with Crippen LogP contribution in [0.5, 0.6) is 0 Å². The van der Waals surface area contributed by atoms with Crippen molar-refractivity contribution in [2.24, 2.45) is 0 Å². The summed E-state index contributed by atoms with van der Waals surface area (Å²) in [4.78, 5) is 10.3. The van der Waals surface area contributed by atoms with E-state index in [-0.39, 0.29) is 6.61 Å². The Morgan fingerprint density at radius 1 is 1.12 bits per heavy atom. The van der Waals surface area contributed by atoms with Crippen molar-refractivity contribution in [3.63, 3.8) is 0 Å². The van der Waals surface area contributed by atoms with Crippen molar-refractivity contribution < 1.29 is 22.7 Å². The van der Waals surface area contributed by atoms with Gasteiger partial charge in [0, 0.05) is 0 Å². The molecule has 0 aliphatic heterocycles. The Bertz CT molecular complexity index is 234.